The van der Waals surface area contributed by atoms with Crippen molar-refractivity contribution in [3.63, 3.8) is 0 Å². The topological polar surface area (TPSA) is 79.9 Å². The summed E-state index contributed by atoms with van der Waals surface area (Å²) >= 11 is 1.40. The number of nitrogens with one attached hydrogen (secondary N) is 2. The number of hydrogen-bond acceptors (Lipinski definition) is 5. The number of methoxy groups -OCH3 is 1. The summed E-state index contributed by atoms with van der Waals surface area (Å²) in [5.41, 5.74) is 6.24. The van der Waals surface area contributed by atoms with Gasteiger partial charge in [-0.2, -0.15) is 5.10 Å². The number of hydrogen-bond donors (Lipinski definition) is 2. The molecule has 1 amide bonds. The molecule has 29 heavy (non-hydrogen) atoms. The zero-order valence-corrected chi connectivity index (χ0v) is 17.1. The van der Waals surface area contributed by atoms with E-state index in [1.54, 1.807) is 7.11 Å². The van der Waals surface area contributed by atoms with Crippen LogP contribution in [0, 0.1) is 13.8 Å². The van der Waals surface area contributed by atoms with Crippen molar-refractivity contribution in [2.75, 3.05) is 12.4 Å². The molecule has 2 aromatic carbocycles. The molecule has 0 saturated heterocycles. The minimum Gasteiger partial charge on any atom is -0.497 e. The highest BCUT2D eigenvalue weighted by atomic mass is 32.1. The van der Waals surface area contributed by atoms with Crippen LogP contribution in [0.15, 0.2) is 54.0 Å². The second kappa shape index (κ2) is 7.89. The average molecular weight is 404 g/mol. The van der Waals surface area contributed by atoms with Crippen molar-refractivity contribution >= 4 is 22.4 Å². The Hall–Kier alpha value is -3.45. The zero-order chi connectivity index (χ0) is 20.4. The minimum atomic E-state index is -0.258. The SMILES string of the molecule is COc1ccc(-c2[nH]ncc2C(=O)Nc2nc(-c3ccc(C)cc3C)cs2)cc1. The fourth-order valence-corrected chi connectivity index (χ4v) is 3.86. The molecule has 0 atom stereocenters. The number of thiazole rings is 1. The van der Waals surface area contributed by atoms with E-state index in [9.17, 15) is 4.79 Å². The summed E-state index contributed by atoms with van der Waals surface area (Å²) in [6.45, 7) is 4.13. The van der Waals surface area contributed by atoms with Gasteiger partial charge in [0.15, 0.2) is 5.13 Å². The number of aromatic nitrogens is 3. The maximum absolute atomic E-state index is 12.8. The van der Waals surface area contributed by atoms with E-state index in [2.05, 4.69) is 52.5 Å². The predicted octanol–water partition coefficient (Wildman–Crippen LogP) is 5.08. The lowest BCUT2D eigenvalue weighted by Crippen LogP contribution is -2.12. The molecule has 0 fully saturated rings. The fourth-order valence-electron chi connectivity index (χ4n) is 3.16. The van der Waals surface area contributed by atoms with Gasteiger partial charge in [-0.05, 0) is 43.7 Å². The first kappa shape index (κ1) is 18.9. The average Bonchev–Trinajstić information content (AvgIpc) is 3.38. The van der Waals surface area contributed by atoms with Gasteiger partial charge in [-0.3, -0.25) is 15.2 Å². The van der Waals surface area contributed by atoms with Crippen LogP contribution in [0.5, 0.6) is 5.75 Å². The van der Waals surface area contributed by atoms with Gasteiger partial charge in [0.1, 0.15) is 5.75 Å². The molecule has 6 nitrogen and oxygen atoms in total. The van der Waals surface area contributed by atoms with Crippen LogP contribution >= 0.6 is 11.3 Å². The van der Waals surface area contributed by atoms with E-state index in [-0.39, 0.29) is 5.91 Å². The Balaban J connectivity index is 1.55. The summed E-state index contributed by atoms with van der Waals surface area (Å²) in [5.74, 6) is 0.493. The smallest absolute Gasteiger partial charge is 0.261 e. The van der Waals surface area contributed by atoms with E-state index in [4.69, 9.17) is 4.74 Å². The molecule has 0 radical (unpaired) electrons. The normalized spacial score (nSPS) is 10.7. The first-order valence-corrected chi connectivity index (χ1v) is 9.95. The first-order chi connectivity index (χ1) is 14.0. The molecule has 4 rings (SSSR count). The van der Waals surface area contributed by atoms with Crippen LogP contribution < -0.4 is 10.1 Å². The second-order valence-corrected chi connectivity index (χ2v) is 7.56. The number of anilines is 1. The number of amides is 1. The quantitative estimate of drug-likeness (QED) is 0.486. The maximum atomic E-state index is 12.8. The van der Waals surface area contributed by atoms with Crippen molar-refractivity contribution in [3.05, 3.63) is 70.7 Å². The molecule has 146 valence electrons. The monoisotopic (exact) mass is 404 g/mol. The molecular weight excluding hydrogens is 384 g/mol. The van der Waals surface area contributed by atoms with Gasteiger partial charge in [0.25, 0.3) is 5.91 Å². The second-order valence-electron chi connectivity index (χ2n) is 6.70. The Kier molecular flexibility index (Phi) is 5.14. The molecule has 0 spiro atoms. The highest BCUT2D eigenvalue weighted by Crippen LogP contribution is 2.29. The standard InChI is InChI=1S/C22H20N4O2S/c1-13-4-9-17(14(2)10-13)19-12-29-22(24-19)25-21(27)18-11-23-26-20(18)15-5-7-16(28-3)8-6-15/h4-12H,1-3H3,(H,23,26)(H,24,25,27). The van der Waals surface area contributed by atoms with Gasteiger partial charge in [0.05, 0.1) is 30.3 Å². The van der Waals surface area contributed by atoms with Crippen LogP contribution in [0.1, 0.15) is 21.5 Å². The van der Waals surface area contributed by atoms with E-state index >= 15 is 0 Å². The third-order valence-electron chi connectivity index (χ3n) is 4.65. The van der Waals surface area contributed by atoms with Crippen molar-refractivity contribution in [1.29, 1.82) is 0 Å². The number of rotatable bonds is 5. The Morgan fingerprint density at radius 1 is 1.14 bits per heavy atom. The van der Waals surface area contributed by atoms with Crippen LogP contribution in [-0.4, -0.2) is 28.2 Å². The molecule has 0 aliphatic carbocycles. The van der Waals surface area contributed by atoms with Crippen molar-refractivity contribution in [3.8, 4) is 28.3 Å². The number of carbonyl (C=O) groups is 1. The van der Waals surface area contributed by atoms with Crippen molar-refractivity contribution < 1.29 is 9.53 Å². The van der Waals surface area contributed by atoms with Crippen LogP contribution in [0.3, 0.4) is 0 Å². The molecule has 0 aliphatic rings. The molecule has 4 aromatic rings. The van der Waals surface area contributed by atoms with E-state index in [0.29, 0.717) is 16.4 Å². The molecular formula is C22H20N4O2S. The summed E-state index contributed by atoms with van der Waals surface area (Å²) < 4.78 is 5.18. The fraction of sp³-hybridized carbons (Fsp3) is 0.136. The van der Waals surface area contributed by atoms with Gasteiger partial charge in [-0.1, -0.05) is 23.8 Å². The Morgan fingerprint density at radius 3 is 2.66 bits per heavy atom. The molecule has 2 N–H and O–H groups in total. The number of H-pyrrole nitrogens is 1. The van der Waals surface area contributed by atoms with E-state index in [1.807, 2.05) is 29.6 Å². The molecule has 7 heteroatoms. The zero-order valence-electron chi connectivity index (χ0n) is 16.3. The molecule has 0 aliphatic heterocycles. The van der Waals surface area contributed by atoms with Gasteiger partial charge >= 0.3 is 0 Å². The summed E-state index contributed by atoms with van der Waals surface area (Å²) in [6, 6.07) is 13.7. The number of ether oxygens (including phenoxy) is 1. The van der Waals surface area contributed by atoms with Crippen molar-refractivity contribution in [2.45, 2.75) is 13.8 Å². The van der Waals surface area contributed by atoms with E-state index in [0.717, 1.165) is 28.1 Å². The Morgan fingerprint density at radius 2 is 1.93 bits per heavy atom. The molecule has 2 heterocycles. The highest BCUT2D eigenvalue weighted by molar-refractivity contribution is 7.14. The van der Waals surface area contributed by atoms with Crippen LogP contribution in [-0.2, 0) is 0 Å². The number of benzene rings is 2. The number of carbonyl (C=O) groups excluding carboxylic acids is 1. The summed E-state index contributed by atoms with van der Waals surface area (Å²) in [6.07, 6.45) is 1.52. The predicted molar refractivity (Wildman–Crippen MR) is 116 cm³/mol. The lowest BCUT2D eigenvalue weighted by Gasteiger charge is -2.05. The van der Waals surface area contributed by atoms with Gasteiger partial charge in [0, 0.05) is 16.5 Å². The van der Waals surface area contributed by atoms with Gasteiger partial charge in [-0.15, -0.1) is 11.3 Å². The number of nitrogens with zero attached hydrogens (tertiary/aromatic N) is 2. The Labute approximate surface area is 172 Å². The third-order valence-corrected chi connectivity index (χ3v) is 5.40. The molecule has 0 saturated carbocycles. The first-order valence-electron chi connectivity index (χ1n) is 9.07. The number of aromatic amines is 1. The van der Waals surface area contributed by atoms with Gasteiger partial charge in [0.2, 0.25) is 0 Å². The molecule has 0 bridgehead atoms. The van der Waals surface area contributed by atoms with Crippen molar-refractivity contribution in [1.82, 2.24) is 15.2 Å². The third kappa shape index (κ3) is 3.90. The summed E-state index contributed by atoms with van der Waals surface area (Å²) in [4.78, 5) is 17.4. The van der Waals surface area contributed by atoms with Crippen molar-refractivity contribution in [2.24, 2.45) is 0 Å². The summed E-state index contributed by atoms with van der Waals surface area (Å²) in [5, 5.41) is 12.3. The van der Waals surface area contributed by atoms with Gasteiger partial charge in [-0.25, -0.2) is 4.98 Å². The lowest BCUT2D eigenvalue weighted by atomic mass is 10.0. The van der Waals surface area contributed by atoms with Crippen LogP contribution in [0.25, 0.3) is 22.5 Å². The Bertz CT molecular complexity index is 1160. The maximum Gasteiger partial charge on any atom is 0.261 e. The number of aryl methyl sites for hydroxylation is 2. The van der Waals surface area contributed by atoms with Gasteiger partial charge < -0.3 is 4.74 Å². The summed E-state index contributed by atoms with van der Waals surface area (Å²) in [7, 11) is 1.62. The largest absolute Gasteiger partial charge is 0.497 e. The minimum absolute atomic E-state index is 0.258. The van der Waals surface area contributed by atoms with E-state index in [1.165, 1.54) is 23.1 Å². The van der Waals surface area contributed by atoms with Crippen LogP contribution in [0.4, 0.5) is 5.13 Å². The molecule has 2 aromatic heterocycles. The highest BCUT2D eigenvalue weighted by Gasteiger charge is 2.17. The molecule has 0 unspecified atom stereocenters. The van der Waals surface area contributed by atoms with E-state index < -0.39 is 0 Å². The van der Waals surface area contributed by atoms with Crippen LogP contribution in [0.2, 0.25) is 0 Å². The lowest BCUT2D eigenvalue weighted by molar-refractivity contribution is 0.102.